The SMILES string of the molecule is C=C(C)c1cccc(C2OC=CO2)c1. The van der Waals surface area contributed by atoms with Gasteiger partial charge in [-0.05, 0) is 18.6 Å². The Balaban J connectivity index is 2.26. The van der Waals surface area contributed by atoms with Gasteiger partial charge in [-0.1, -0.05) is 30.4 Å². The van der Waals surface area contributed by atoms with Gasteiger partial charge in [-0.2, -0.15) is 0 Å². The van der Waals surface area contributed by atoms with E-state index in [1.807, 2.05) is 31.2 Å². The molecule has 0 aromatic heterocycles. The Kier molecular flexibility index (Phi) is 2.27. The number of benzene rings is 1. The third-order valence-corrected chi connectivity index (χ3v) is 2.11. The van der Waals surface area contributed by atoms with Gasteiger partial charge in [0.2, 0.25) is 0 Å². The van der Waals surface area contributed by atoms with Crippen molar-refractivity contribution in [2.45, 2.75) is 13.2 Å². The minimum atomic E-state index is -0.297. The number of hydrogen-bond acceptors (Lipinski definition) is 2. The van der Waals surface area contributed by atoms with Crippen molar-refractivity contribution < 1.29 is 9.47 Å². The van der Waals surface area contributed by atoms with Crippen LogP contribution < -0.4 is 0 Å². The van der Waals surface area contributed by atoms with Crippen LogP contribution in [-0.4, -0.2) is 0 Å². The van der Waals surface area contributed by atoms with Gasteiger partial charge in [-0.3, -0.25) is 0 Å². The summed E-state index contributed by atoms with van der Waals surface area (Å²) in [5.41, 5.74) is 3.16. The van der Waals surface area contributed by atoms with E-state index in [4.69, 9.17) is 9.47 Å². The number of rotatable bonds is 2. The Bertz CT molecular complexity index is 372. The van der Waals surface area contributed by atoms with Crippen LogP contribution in [0.1, 0.15) is 24.3 Å². The average Bonchev–Trinajstić information content (AvgIpc) is 2.71. The molecule has 2 heteroatoms. The Hall–Kier alpha value is -1.70. The molecule has 1 aliphatic rings. The van der Waals surface area contributed by atoms with Crippen molar-refractivity contribution in [3.05, 3.63) is 54.5 Å². The number of allylic oxidation sites excluding steroid dienone is 1. The minimum Gasteiger partial charge on any atom is -0.455 e. The molecule has 2 rings (SSSR count). The van der Waals surface area contributed by atoms with E-state index < -0.39 is 0 Å². The molecule has 0 saturated carbocycles. The van der Waals surface area contributed by atoms with E-state index in [1.165, 1.54) is 0 Å². The molecular formula is C12H12O2. The molecule has 2 nitrogen and oxygen atoms in total. The quantitative estimate of drug-likeness (QED) is 0.709. The van der Waals surface area contributed by atoms with Crippen molar-refractivity contribution in [1.82, 2.24) is 0 Å². The number of ether oxygens (including phenoxy) is 2. The zero-order valence-corrected chi connectivity index (χ0v) is 8.07. The predicted octanol–water partition coefficient (Wildman–Crippen LogP) is 3.24. The standard InChI is InChI=1S/C12H12O2/c1-9(2)10-4-3-5-11(8-10)12-13-6-7-14-12/h3-8,12H,1H2,2H3. The molecule has 1 heterocycles. The number of hydrogen-bond donors (Lipinski definition) is 0. The molecule has 0 spiro atoms. The van der Waals surface area contributed by atoms with Crippen molar-refractivity contribution in [3.63, 3.8) is 0 Å². The van der Waals surface area contributed by atoms with Gasteiger partial charge in [-0.25, -0.2) is 0 Å². The molecule has 0 bridgehead atoms. The van der Waals surface area contributed by atoms with Crippen molar-refractivity contribution in [1.29, 1.82) is 0 Å². The summed E-state index contributed by atoms with van der Waals surface area (Å²) < 4.78 is 10.5. The molecule has 0 radical (unpaired) electrons. The molecule has 1 aliphatic heterocycles. The fraction of sp³-hybridized carbons (Fsp3) is 0.167. The van der Waals surface area contributed by atoms with Crippen molar-refractivity contribution >= 4 is 5.57 Å². The highest BCUT2D eigenvalue weighted by Crippen LogP contribution is 2.25. The van der Waals surface area contributed by atoms with Crippen molar-refractivity contribution in [3.8, 4) is 0 Å². The zero-order valence-electron chi connectivity index (χ0n) is 8.07. The van der Waals surface area contributed by atoms with Gasteiger partial charge in [-0.15, -0.1) is 0 Å². The fourth-order valence-electron chi connectivity index (χ4n) is 1.35. The molecule has 0 atom stereocenters. The molecule has 0 saturated heterocycles. The Labute approximate surface area is 83.5 Å². The Morgan fingerprint density at radius 1 is 1.29 bits per heavy atom. The molecule has 0 amide bonds. The topological polar surface area (TPSA) is 18.5 Å². The van der Waals surface area contributed by atoms with Crippen LogP contribution >= 0.6 is 0 Å². The van der Waals surface area contributed by atoms with Crippen LogP contribution in [0.5, 0.6) is 0 Å². The van der Waals surface area contributed by atoms with Crippen molar-refractivity contribution in [2.24, 2.45) is 0 Å². The highest BCUT2D eigenvalue weighted by molar-refractivity contribution is 5.61. The maximum absolute atomic E-state index is 5.24. The first-order valence-corrected chi connectivity index (χ1v) is 4.49. The van der Waals surface area contributed by atoms with Gasteiger partial charge in [0.25, 0.3) is 6.29 Å². The van der Waals surface area contributed by atoms with E-state index in [0.717, 1.165) is 16.7 Å². The largest absolute Gasteiger partial charge is 0.455 e. The first-order chi connectivity index (χ1) is 6.77. The second kappa shape index (κ2) is 3.58. The van der Waals surface area contributed by atoms with Crippen LogP contribution in [0, 0.1) is 0 Å². The van der Waals surface area contributed by atoms with Crippen LogP contribution in [0.25, 0.3) is 5.57 Å². The highest BCUT2D eigenvalue weighted by Gasteiger charge is 2.15. The predicted molar refractivity (Wildman–Crippen MR) is 55.2 cm³/mol. The van der Waals surface area contributed by atoms with Gasteiger partial charge >= 0.3 is 0 Å². The summed E-state index contributed by atoms with van der Waals surface area (Å²) in [5, 5.41) is 0. The third kappa shape index (κ3) is 1.64. The molecule has 0 N–H and O–H groups in total. The van der Waals surface area contributed by atoms with E-state index in [1.54, 1.807) is 12.5 Å². The van der Waals surface area contributed by atoms with Gasteiger partial charge in [0.1, 0.15) is 12.5 Å². The molecule has 72 valence electrons. The van der Waals surface area contributed by atoms with Crippen LogP contribution in [0.4, 0.5) is 0 Å². The highest BCUT2D eigenvalue weighted by atomic mass is 16.7. The lowest BCUT2D eigenvalue weighted by atomic mass is 10.1. The van der Waals surface area contributed by atoms with E-state index in [2.05, 4.69) is 6.58 Å². The van der Waals surface area contributed by atoms with Crippen LogP contribution in [0.15, 0.2) is 43.4 Å². The lowest BCUT2D eigenvalue weighted by molar-refractivity contribution is -0.0246. The second-order valence-electron chi connectivity index (χ2n) is 3.28. The Morgan fingerprint density at radius 2 is 2.00 bits per heavy atom. The van der Waals surface area contributed by atoms with Crippen LogP contribution in [0.3, 0.4) is 0 Å². The second-order valence-corrected chi connectivity index (χ2v) is 3.28. The monoisotopic (exact) mass is 188 g/mol. The lowest BCUT2D eigenvalue weighted by Crippen LogP contribution is -1.97. The smallest absolute Gasteiger partial charge is 0.266 e. The maximum atomic E-state index is 5.24. The van der Waals surface area contributed by atoms with E-state index >= 15 is 0 Å². The molecule has 14 heavy (non-hydrogen) atoms. The molecule has 1 aromatic rings. The summed E-state index contributed by atoms with van der Waals surface area (Å²) in [6.07, 6.45) is 2.81. The molecule has 0 unspecified atom stereocenters. The van der Waals surface area contributed by atoms with Gasteiger partial charge in [0.15, 0.2) is 0 Å². The maximum Gasteiger partial charge on any atom is 0.266 e. The van der Waals surface area contributed by atoms with Crippen LogP contribution in [-0.2, 0) is 9.47 Å². The summed E-state index contributed by atoms with van der Waals surface area (Å²) in [7, 11) is 0. The first kappa shape index (κ1) is 8.88. The van der Waals surface area contributed by atoms with Crippen LogP contribution in [0.2, 0.25) is 0 Å². The normalized spacial score (nSPS) is 14.9. The van der Waals surface area contributed by atoms with Gasteiger partial charge < -0.3 is 9.47 Å². The van der Waals surface area contributed by atoms with E-state index in [0.29, 0.717) is 0 Å². The Morgan fingerprint density at radius 3 is 2.64 bits per heavy atom. The minimum absolute atomic E-state index is 0.297. The van der Waals surface area contributed by atoms with E-state index in [-0.39, 0.29) is 6.29 Å². The first-order valence-electron chi connectivity index (χ1n) is 4.49. The van der Waals surface area contributed by atoms with Gasteiger partial charge in [0.05, 0.1) is 0 Å². The molecule has 1 aromatic carbocycles. The van der Waals surface area contributed by atoms with Gasteiger partial charge in [0, 0.05) is 5.56 Å². The summed E-state index contributed by atoms with van der Waals surface area (Å²) in [4.78, 5) is 0. The molecule has 0 aliphatic carbocycles. The average molecular weight is 188 g/mol. The summed E-state index contributed by atoms with van der Waals surface area (Å²) in [6.45, 7) is 5.88. The van der Waals surface area contributed by atoms with E-state index in [9.17, 15) is 0 Å². The zero-order chi connectivity index (χ0) is 9.97. The summed E-state index contributed by atoms with van der Waals surface area (Å²) >= 11 is 0. The molecule has 0 fully saturated rings. The summed E-state index contributed by atoms with van der Waals surface area (Å²) in [5.74, 6) is 0. The third-order valence-electron chi connectivity index (χ3n) is 2.11. The summed E-state index contributed by atoms with van der Waals surface area (Å²) in [6, 6.07) is 8.00. The van der Waals surface area contributed by atoms with Crippen molar-refractivity contribution in [2.75, 3.05) is 0 Å². The lowest BCUT2D eigenvalue weighted by Gasteiger charge is -2.11. The molecular weight excluding hydrogens is 176 g/mol. The fourth-order valence-corrected chi connectivity index (χ4v) is 1.35.